The molecule has 3 N–H and O–H groups in total. The zero-order valence-corrected chi connectivity index (χ0v) is 6.44. The third-order valence-corrected chi connectivity index (χ3v) is 1.59. The molecule has 0 unspecified atom stereocenters. The minimum atomic E-state index is -0.630. The van der Waals surface area contributed by atoms with Gasteiger partial charge in [-0.15, -0.1) is 0 Å². The minimum absolute atomic E-state index is 0.181. The van der Waals surface area contributed by atoms with Gasteiger partial charge in [-0.3, -0.25) is 10.1 Å². The van der Waals surface area contributed by atoms with E-state index in [2.05, 4.69) is 0 Å². The van der Waals surface area contributed by atoms with Crippen molar-refractivity contribution in [2.24, 2.45) is 0 Å². The van der Waals surface area contributed by atoms with E-state index in [-0.39, 0.29) is 17.1 Å². The number of aromatic hydroxyl groups is 1. The molecule has 5 heteroatoms. The third kappa shape index (κ3) is 1.16. The Morgan fingerprint density at radius 2 is 2.17 bits per heavy atom. The minimum Gasteiger partial charge on any atom is -0.505 e. The first kappa shape index (κ1) is 8.32. The van der Waals surface area contributed by atoms with Crippen LogP contribution in [-0.2, 0) is 0 Å². The molecule has 0 spiro atoms. The molecule has 0 aliphatic heterocycles. The maximum absolute atomic E-state index is 10.3. The van der Waals surface area contributed by atoms with Gasteiger partial charge in [0.15, 0.2) is 5.69 Å². The van der Waals surface area contributed by atoms with Crippen LogP contribution in [0.25, 0.3) is 0 Å². The second-order valence-corrected chi connectivity index (χ2v) is 2.42. The van der Waals surface area contributed by atoms with Crippen LogP contribution in [-0.4, -0.2) is 10.0 Å². The Labute approximate surface area is 68.6 Å². The van der Waals surface area contributed by atoms with E-state index < -0.39 is 4.92 Å². The van der Waals surface area contributed by atoms with Gasteiger partial charge in [0.25, 0.3) is 5.69 Å². The van der Waals surface area contributed by atoms with E-state index in [9.17, 15) is 15.2 Å². The van der Waals surface area contributed by atoms with Crippen LogP contribution < -0.4 is 5.73 Å². The summed E-state index contributed by atoms with van der Waals surface area (Å²) in [5.41, 5.74) is 5.37. The first-order valence-corrected chi connectivity index (χ1v) is 3.26. The van der Waals surface area contributed by atoms with E-state index in [4.69, 9.17) is 5.73 Å². The highest BCUT2D eigenvalue weighted by Gasteiger charge is 2.15. The third-order valence-electron chi connectivity index (χ3n) is 1.59. The maximum atomic E-state index is 10.3. The van der Waals surface area contributed by atoms with Crippen molar-refractivity contribution >= 4 is 11.4 Å². The molecule has 0 radical (unpaired) electrons. The number of aryl methyl sites for hydroxylation is 1. The summed E-state index contributed by atoms with van der Waals surface area (Å²) in [5.74, 6) is -0.218. The number of nitro benzene ring substituents is 1. The standard InChI is InChI=1S/C7H8N2O3/c1-4-2-3-5(9(11)12)6(8)7(4)10/h2-3,10H,8H2,1H3. The Balaban J connectivity index is 3.36. The molecular weight excluding hydrogens is 160 g/mol. The highest BCUT2D eigenvalue weighted by atomic mass is 16.6. The lowest BCUT2D eigenvalue weighted by molar-refractivity contribution is -0.384. The number of anilines is 1. The van der Waals surface area contributed by atoms with Gasteiger partial charge in [0, 0.05) is 6.07 Å². The van der Waals surface area contributed by atoms with E-state index in [1.54, 1.807) is 6.92 Å². The fraction of sp³-hybridized carbons (Fsp3) is 0.143. The summed E-state index contributed by atoms with van der Waals surface area (Å²) < 4.78 is 0. The fourth-order valence-corrected chi connectivity index (χ4v) is 0.866. The number of nitrogen functional groups attached to an aromatic ring is 1. The molecule has 0 amide bonds. The van der Waals surface area contributed by atoms with E-state index >= 15 is 0 Å². The predicted octanol–water partition coefficient (Wildman–Crippen LogP) is 1.19. The van der Waals surface area contributed by atoms with Crippen molar-refractivity contribution in [3.63, 3.8) is 0 Å². The van der Waals surface area contributed by atoms with Gasteiger partial charge in [-0.25, -0.2) is 0 Å². The van der Waals surface area contributed by atoms with Gasteiger partial charge in [-0.2, -0.15) is 0 Å². The number of hydrogen-bond donors (Lipinski definition) is 2. The van der Waals surface area contributed by atoms with Gasteiger partial charge >= 0.3 is 0 Å². The summed E-state index contributed by atoms with van der Waals surface area (Å²) in [6.07, 6.45) is 0. The van der Waals surface area contributed by atoms with Gasteiger partial charge in [0.05, 0.1) is 4.92 Å². The molecule has 0 aromatic heterocycles. The molecular formula is C7H8N2O3. The largest absolute Gasteiger partial charge is 0.505 e. The molecule has 0 saturated heterocycles. The number of nitrogens with zero attached hydrogens (tertiary/aromatic N) is 1. The fourth-order valence-electron chi connectivity index (χ4n) is 0.866. The topological polar surface area (TPSA) is 89.4 Å². The van der Waals surface area contributed by atoms with Crippen molar-refractivity contribution in [2.45, 2.75) is 6.92 Å². The van der Waals surface area contributed by atoms with Crippen LogP contribution in [0, 0.1) is 17.0 Å². The lowest BCUT2D eigenvalue weighted by Crippen LogP contribution is -1.96. The average Bonchev–Trinajstić information content (AvgIpc) is 2.00. The smallest absolute Gasteiger partial charge is 0.295 e. The number of phenols is 1. The van der Waals surface area contributed by atoms with Crippen molar-refractivity contribution in [1.29, 1.82) is 0 Å². The molecule has 1 rings (SSSR count). The quantitative estimate of drug-likeness (QED) is 0.285. The lowest BCUT2D eigenvalue weighted by atomic mass is 10.2. The number of nitrogens with two attached hydrogens (primary N) is 1. The Morgan fingerprint density at radius 3 is 2.67 bits per heavy atom. The summed E-state index contributed by atoms with van der Waals surface area (Å²) in [4.78, 5) is 9.67. The monoisotopic (exact) mass is 168 g/mol. The molecule has 1 aromatic carbocycles. The van der Waals surface area contributed by atoms with Crippen LogP contribution in [0.5, 0.6) is 5.75 Å². The molecule has 64 valence electrons. The summed E-state index contributed by atoms with van der Waals surface area (Å²) in [6.45, 7) is 1.62. The zero-order chi connectivity index (χ0) is 9.30. The molecule has 0 saturated carbocycles. The lowest BCUT2D eigenvalue weighted by Gasteiger charge is -2.01. The van der Waals surface area contributed by atoms with Gasteiger partial charge < -0.3 is 10.8 Å². The van der Waals surface area contributed by atoms with Crippen molar-refractivity contribution in [3.8, 4) is 5.75 Å². The molecule has 0 heterocycles. The predicted molar refractivity (Wildman–Crippen MR) is 43.9 cm³/mol. The van der Waals surface area contributed by atoms with Gasteiger partial charge in [0.2, 0.25) is 0 Å². The second-order valence-electron chi connectivity index (χ2n) is 2.42. The molecule has 0 aliphatic carbocycles. The van der Waals surface area contributed by atoms with Crippen molar-refractivity contribution < 1.29 is 10.0 Å². The number of hydrogen-bond acceptors (Lipinski definition) is 4. The molecule has 12 heavy (non-hydrogen) atoms. The molecule has 0 aliphatic rings. The molecule has 0 fully saturated rings. The molecule has 0 atom stereocenters. The number of nitro groups is 1. The Hall–Kier alpha value is -1.78. The van der Waals surface area contributed by atoms with Gasteiger partial charge in [0.1, 0.15) is 5.75 Å². The number of phenolic OH excluding ortho intramolecular Hbond substituents is 1. The molecule has 0 bridgehead atoms. The Bertz CT molecular complexity index is 336. The van der Waals surface area contributed by atoms with E-state index in [1.807, 2.05) is 0 Å². The van der Waals surface area contributed by atoms with E-state index in [0.29, 0.717) is 5.56 Å². The number of rotatable bonds is 1. The zero-order valence-electron chi connectivity index (χ0n) is 6.44. The molecule has 1 aromatic rings. The van der Waals surface area contributed by atoms with Gasteiger partial charge in [-0.05, 0) is 18.6 Å². The van der Waals surface area contributed by atoms with Crippen LogP contribution in [0.4, 0.5) is 11.4 Å². The number of benzene rings is 1. The first-order chi connectivity index (χ1) is 5.54. The van der Waals surface area contributed by atoms with Crippen molar-refractivity contribution in [2.75, 3.05) is 5.73 Å². The first-order valence-electron chi connectivity index (χ1n) is 3.26. The molecule has 5 nitrogen and oxygen atoms in total. The highest BCUT2D eigenvalue weighted by Crippen LogP contribution is 2.32. The summed E-state index contributed by atoms with van der Waals surface area (Å²) >= 11 is 0. The maximum Gasteiger partial charge on any atom is 0.295 e. The van der Waals surface area contributed by atoms with Crippen LogP contribution in [0.2, 0.25) is 0 Å². The SMILES string of the molecule is Cc1ccc([N+](=O)[O-])c(N)c1O. The summed E-state index contributed by atoms with van der Waals surface area (Å²) in [7, 11) is 0. The highest BCUT2D eigenvalue weighted by molar-refractivity contribution is 5.68. The normalized spacial score (nSPS) is 9.75. The van der Waals surface area contributed by atoms with Gasteiger partial charge in [-0.1, -0.05) is 0 Å². The average molecular weight is 168 g/mol. The van der Waals surface area contributed by atoms with Crippen LogP contribution in [0.3, 0.4) is 0 Å². The van der Waals surface area contributed by atoms with Crippen LogP contribution in [0.1, 0.15) is 5.56 Å². The van der Waals surface area contributed by atoms with E-state index in [1.165, 1.54) is 12.1 Å². The summed E-state index contributed by atoms with van der Waals surface area (Å²) in [5, 5.41) is 19.5. The van der Waals surface area contributed by atoms with Crippen LogP contribution >= 0.6 is 0 Å². The summed E-state index contributed by atoms with van der Waals surface area (Å²) in [6, 6.07) is 2.72. The van der Waals surface area contributed by atoms with E-state index in [0.717, 1.165) is 0 Å². The van der Waals surface area contributed by atoms with Crippen molar-refractivity contribution in [1.82, 2.24) is 0 Å². The second kappa shape index (κ2) is 2.69. The van der Waals surface area contributed by atoms with Crippen molar-refractivity contribution in [3.05, 3.63) is 27.8 Å². The van der Waals surface area contributed by atoms with Crippen LogP contribution in [0.15, 0.2) is 12.1 Å². The Morgan fingerprint density at radius 1 is 1.58 bits per heavy atom. The Kier molecular flexibility index (Phi) is 1.86.